The van der Waals surface area contributed by atoms with Crippen LogP contribution in [0.3, 0.4) is 0 Å². The van der Waals surface area contributed by atoms with Crippen LogP contribution in [0.1, 0.15) is 67.2 Å². The molecular weight excluding hydrogens is 368 g/mol. The predicted octanol–water partition coefficient (Wildman–Crippen LogP) is 1.76. The third-order valence-corrected chi connectivity index (χ3v) is 6.44. The van der Waals surface area contributed by atoms with Crippen LogP contribution in [0.2, 0.25) is 0 Å². The standard InChI is InChI=1S/C22H40N4O3/c1-14(2)17-10-11-18(27)26(17)13-16-9-8-12-25(16)21(29)19(22(4,5)6)24-20(28)15(3)23-7/h14-17,19,23H,8-13H2,1-7H3,(H,24,28)/t15-,16?,17?,19?/m0/s1. The molecule has 2 aliphatic heterocycles. The summed E-state index contributed by atoms with van der Waals surface area (Å²) in [6.07, 6.45) is 3.34. The molecule has 0 spiro atoms. The summed E-state index contributed by atoms with van der Waals surface area (Å²) in [5, 5.41) is 5.89. The Hall–Kier alpha value is -1.63. The van der Waals surface area contributed by atoms with Gasteiger partial charge in [0.05, 0.1) is 6.04 Å². The summed E-state index contributed by atoms with van der Waals surface area (Å²) in [7, 11) is 1.73. The molecule has 2 rings (SSSR count). The Morgan fingerprint density at radius 1 is 1.17 bits per heavy atom. The summed E-state index contributed by atoms with van der Waals surface area (Å²) in [6.45, 7) is 13.3. The van der Waals surface area contributed by atoms with Gasteiger partial charge in [0, 0.05) is 31.6 Å². The number of nitrogens with zero attached hydrogens (tertiary/aromatic N) is 2. The normalized spacial score (nSPS) is 24.9. The van der Waals surface area contributed by atoms with E-state index in [2.05, 4.69) is 24.5 Å². The SMILES string of the molecule is CN[C@@H](C)C(=O)NC(C(=O)N1CCCC1CN1C(=O)CCC1C(C)C)C(C)(C)C. The van der Waals surface area contributed by atoms with Crippen LogP contribution in [-0.4, -0.2) is 71.8 Å². The number of likely N-dealkylation sites (tertiary alicyclic amines) is 2. The summed E-state index contributed by atoms with van der Waals surface area (Å²) < 4.78 is 0. The van der Waals surface area contributed by atoms with E-state index in [4.69, 9.17) is 0 Å². The van der Waals surface area contributed by atoms with Crippen LogP contribution in [0.5, 0.6) is 0 Å². The molecule has 7 heteroatoms. The van der Waals surface area contributed by atoms with Crippen LogP contribution in [0, 0.1) is 11.3 Å². The van der Waals surface area contributed by atoms with Crippen LogP contribution < -0.4 is 10.6 Å². The van der Waals surface area contributed by atoms with Gasteiger partial charge in [-0.15, -0.1) is 0 Å². The first-order chi connectivity index (χ1) is 13.5. The maximum Gasteiger partial charge on any atom is 0.246 e. The van der Waals surface area contributed by atoms with Crippen molar-refractivity contribution in [1.82, 2.24) is 20.4 Å². The Morgan fingerprint density at radius 2 is 1.83 bits per heavy atom. The van der Waals surface area contributed by atoms with Crippen LogP contribution in [0.25, 0.3) is 0 Å². The van der Waals surface area contributed by atoms with Gasteiger partial charge in [0.1, 0.15) is 6.04 Å². The summed E-state index contributed by atoms with van der Waals surface area (Å²) in [5.74, 6) is 0.402. The molecule has 7 nitrogen and oxygen atoms in total. The van der Waals surface area contributed by atoms with Gasteiger partial charge in [-0.05, 0) is 44.6 Å². The minimum atomic E-state index is -0.596. The average molecular weight is 409 g/mol. The second-order valence-corrected chi connectivity index (χ2v) is 10.0. The molecule has 3 unspecified atom stereocenters. The van der Waals surface area contributed by atoms with E-state index in [-0.39, 0.29) is 35.8 Å². The molecule has 2 fully saturated rings. The van der Waals surface area contributed by atoms with E-state index < -0.39 is 11.5 Å². The Morgan fingerprint density at radius 3 is 2.38 bits per heavy atom. The summed E-state index contributed by atoms with van der Waals surface area (Å²) in [4.78, 5) is 42.3. The van der Waals surface area contributed by atoms with Gasteiger partial charge >= 0.3 is 0 Å². The zero-order chi connectivity index (χ0) is 21.9. The first-order valence-electron chi connectivity index (χ1n) is 11.0. The molecule has 4 atom stereocenters. The van der Waals surface area contributed by atoms with E-state index in [0.717, 1.165) is 19.3 Å². The van der Waals surface area contributed by atoms with Crippen molar-refractivity contribution in [2.24, 2.45) is 11.3 Å². The molecule has 0 radical (unpaired) electrons. The molecule has 0 aromatic carbocycles. The van der Waals surface area contributed by atoms with Gasteiger partial charge in [0.15, 0.2) is 0 Å². The van der Waals surface area contributed by atoms with E-state index in [1.165, 1.54) is 0 Å². The molecule has 0 aliphatic carbocycles. The first kappa shape index (κ1) is 23.6. The quantitative estimate of drug-likeness (QED) is 0.673. The van der Waals surface area contributed by atoms with Gasteiger partial charge in [0.25, 0.3) is 0 Å². The second-order valence-electron chi connectivity index (χ2n) is 10.0. The first-order valence-corrected chi connectivity index (χ1v) is 11.0. The van der Waals surface area contributed by atoms with Gasteiger partial charge in [-0.3, -0.25) is 14.4 Å². The maximum atomic E-state index is 13.5. The highest BCUT2D eigenvalue weighted by atomic mass is 16.2. The molecule has 0 aromatic heterocycles. The number of hydrogen-bond acceptors (Lipinski definition) is 4. The van der Waals surface area contributed by atoms with Crippen molar-refractivity contribution in [2.45, 2.75) is 91.4 Å². The number of hydrogen-bond donors (Lipinski definition) is 2. The number of likely N-dealkylation sites (N-methyl/N-ethyl adjacent to an activating group) is 1. The molecule has 0 saturated carbocycles. The summed E-state index contributed by atoms with van der Waals surface area (Å²) in [5.41, 5.74) is -0.405. The number of carbonyl (C=O) groups is 3. The molecule has 2 aliphatic rings. The largest absolute Gasteiger partial charge is 0.342 e. The fraction of sp³-hybridized carbons (Fsp3) is 0.864. The molecule has 2 saturated heterocycles. The molecule has 2 N–H and O–H groups in total. The van der Waals surface area contributed by atoms with Crippen molar-refractivity contribution in [3.8, 4) is 0 Å². The van der Waals surface area contributed by atoms with E-state index in [0.29, 0.717) is 25.4 Å². The number of carbonyl (C=O) groups excluding carboxylic acids is 3. The van der Waals surface area contributed by atoms with Crippen LogP contribution in [-0.2, 0) is 14.4 Å². The minimum absolute atomic E-state index is 0.0225. The smallest absolute Gasteiger partial charge is 0.246 e. The predicted molar refractivity (Wildman–Crippen MR) is 114 cm³/mol. The lowest BCUT2D eigenvalue weighted by atomic mass is 9.85. The monoisotopic (exact) mass is 408 g/mol. The zero-order valence-electron chi connectivity index (χ0n) is 19.2. The highest BCUT2D eigenvalue weighted by Crippen LogP contribution is 2.30. The van der Waals surface area contributed by atoms with Gasteiger partial charge in [0.2, 0.25) is 17.7 Å². The van der Waals surface area contributed by atoms with Crippen molar-refractivity contribution in [2.75, 3.05) is 20.1 Å². The maximum absolute atomic E-state index is 13.5. The molecule has 29 heavy (non-hydrogen) atoms. The lowest BCUT2D eigenvalue weighted by molar-refractivity contribution is -0.142. The Labute approximate surface area is 175 Å². The van der Waals surface area contributed by atoms with E-state index in [1.807, 2.05) is 30.6 Å². The van der Waals surface area contributed by atoms with Crippen LogP contribution in [0.4, 0.5) is 0 Å². The number of rotatable bonds is 7. The van der Waals surface area contributed by atoms with Gasteiger partial charge in [-0.25, -0.2) is 0 Å². The fourth-order valence-corrected chi connectivity index (χ4v) is 4.44. The highest BCUT2D eigenvalue weighted by molar-refractivity contribution is 5.90. The van der Waals surface area contributed by atoms with Gasteiger partial charge in [-0.2, -0.15) is 0 Å². The molecule has 166 valence electrons. The van der Waals surface area contributed by atoms with Gasteiger partial charge in [-0.1, -0.05) is 34.6 Å². The van der Waals surface area contributed by atoms with Crippen molar-refractivity contribution in [3.63, 3.8) is 0 Å². The number of amides is 3. The van der Waals surface area contributed by atoms with Crippen molar-refractivity contribution >= 4 is 17.7 Å². The van der Waals surface area contributed by atoms with E-state index >= 15 is 0 Å². The second kappa shape index (κ2) is 9.45. The molecule has 2 heterocycles. The van der Waals surface area contributed by atoms with E-state index in [9.17, 15) is 14.4 Å². The van der Waals surface area contributed by atoms with E-state index in [1.54, 1.807) is 14.0 Å². The lowest BCUT2D eigenvalue weighted by Gasteiger charge is -2.38. The average Bonchev–Trinajstić information content (AvgIpc) is 3.24. The summed E-state index contributed by atoms with van der Waals surface area (Å²) >= 11 is 0. The highest BCUT2D eigenvalue weighted by Gasteiger charge is 2.42. The third-order valence-electron chi connectivity index (χ3n) is 6.44. The Kier molecular flexibility index (Phi) is 7.71. The van der Waals surface area contributed by atoms with Crippen LogP contribution >= 0.6 is 0 Å². The van der Waals surface area contributed by atoms with Crippen molar-refractivity contribution < 1.29 is 14.4 Å². The number of nitrogens with one attached hydrogen (secondary N) is 2. The van der Waals surface area contributed by atoms with Gasteiger partial charge < -0.3 is 20.4 Å². The fourth-order valence-electron chi connectivity index (χ4n) is 4.44. The minimum Gasteiger partial charge on any atom is -0.342 e. The Bertz CT molecular complexity index is 614. The van der Waals surface area contributed by atoms with Crippen LogP contribution in [0.15, 0.2) is 0 Å². The Balaban J connectivity index is 2.15. The summed E-state index contributed by atoms with van der Waals surface area (Å²) in [6, 6.07) is -0.679. The van der Waals surface area contributed by atoms with Crippen molar-refractivity contribution in [3.05, 3.63) is 0 Å². The topological polar surface area (TPSA) is 81.8 Å². The molecule has 0 aromatic rings. The molecule has 3 amide bonds. The molecule has 0 bridgehead atoms. The lowest BCUT2D eigenvalue weighted by Crippen LogP contribution is -2.59. The molecular formula is C22H40N4O3. The zero-order valence-corrected chi connectivity index (χ0v) is 19.2. The third kappa shape index (κ3) is 5.50. The van der Waals surface area contributed by atoms with Crippen molar-refractivity contribution in [1.29, 1.82) is 0 Å².